The maximum atomic E-state index is 12.9. The van der Waals surface area contributed by atoms with Crippen molar-refractivity contribution in [2.45, 2.75) is 29.9 Å². The highest BCUT2D eigenvalue weighted by molar-refractivity contribution is 7.91. The van der Waals surface area contributed by atoms with Crippen LogP contribution >= 0.6 is 11.3 Å². The largest absolute Gasteiger partial charge is 0.350 e. The third-order valence-electron chi connectivity index (χ3n) is 5.09. The van der Waals surface area contributed by atoms with E-state index in [1.54, 1.807) is 22.0 Å². The van der Waals surface area contributed by atoms with Gasteiger partial charge >= 0.3 is 5.69 Å². The van der Waals surface area contributed by atoms with E-state index in [9.17, 15) is 13.2 Å². The van der Waals surface area contributed by atoms with E-state index in [-0.39, 0.29) is 11.6 Å². The molecule has 2 aromatic heterocycles. The highest BCUT2D eigenvalue weighted by atomic mass is 32.2. The van der Waals surface area contributed by atoms with Crippen molar-refractivity contribution < 1.29 is 8.42 Å². The molecule has 9 heteroatoms. The average Bonchev–Trinajstić information content (AvgIpc) is 3.27. The molecule has 1 aliphatic rings. The van der Waals surface area contributed by atoms with Gasteiger partial charge in [0.15, 0.2) is 0 Å². The summed E-state index contributed by atoms with van der Waals surface area (Å²) in [5, 5.41) is 4.46. The first-order valence-corrected chi connectivity index (χ1v) is 11.4. The van der Waals surface area contributed by atoms with Crippen molar-refractivity contribution in [3.05, 3.63) is 63.7 Å². The molecule has 148 valence electrons. The molecule has 0 N–H and O–H groups in total. The predicted molar refractivity (Wildman–Crippen MR) is 109 cm³/mol. The highest BCUT2D eigenvalue weighted by Gasteiger charge is 2.33. The summed E-state index contributed by atoms with van der Waals surface area (Å²) < 4.78 is 30.6. The Hall–Kier alpha value is -2.23. The maximum absolute atomic E-state index is 12.9. The monoisotopic (exact) mass is 418 g/mol. The third-order valence-corrected chi connectivity index (χ3v) is 8.46. The van der Waals surface area contributed by atoms with Crippen LogP contribution in [0.4, 0.5) is 0 Å². The van der Waals surface area contributed by atoms with Gasteiger partial charge in [-0.15, -0.1) is 11.3 Å². The number of aryl methyl sites for hydroxylation is 2. The van der Waals surface area contributed by atoms with Gasteiger partial charge in [0.1, 0.15) is 10.0 Å². The summed E-state index contributed by atoms with van der Waals surface area (Å²) in [4.78, 5) is 13.6. The first kappa shape index (κ1) is 19.1. The van der Waals surface area contributed by atoms with E-state index in [0.29, 0.717) is 36.0 Å². The van der Waals surface area contributed by atoms with Crippen LogP contribution in [0.2, 0.25) is 0 Å². The topological polar surface area (TPSA) is 77.2 Å². The van der Waals surface area contributed by atoms with Crippen molar-refractivity contribution in [2.24, 2.45) is 7.05 Å². The lowest BCUT2D eigenvalue weighted by Gasteiger charge is -2.30. The highest BCUT2D eigenvalue weighted by Crippen LogP contribution is 2.32. The van der Waals surface area contributed by atoms with E-state index < -0.39 is 10.0 Å². The standard InChI is InChI=1S/C19H22N4O3S2/c1-14-8-9-17(27-14)28(25,26)22-12-10-15(11-13-22)18-20-21(2)19(24)23(18)16-6-4-3-5-7-16/h3-9,15H,10-13H2,1-2H3. The molecule has 1 saturated heterocycles. The molecule has 0 amide bonds. The number of para-hydroxylation sites is 1. The predicted octanol–water partition coefficient (Wildman–Crippen LogP) is 2.51. The molecule has 4 rings (SSSR count). The van der Waals surface area contributed by atoms with Crippen molar-refractivity contribution in [1.29, 1.82) is 0 Å². The van der Waals surface area contributed by atoms with Gasteiger partial charge in [-0.25, -0.2) is 22.5 Å². The fourth-order valence-corrected chi connectivity index (χ4v) is 6.51. The Balaban J connectivity index is 1.58. The summed E-state index contributed by atoms with van der Waals surface area (Å²) in [6.07, 6.45) is 1.26. The summed E-state index contributed by atoms with van der Waals surface area (Å²) in [7, 11) is -1.81. The van der Waals surface area contributed by atoms with Gasteiger partial charge in [-0.2, -0.15) is 9.40 Å². The smallest absolute Gasteiger partial charge is 0.247 e. The zero-order valence-corrected chi connectivity index (χ0v) is 17.4. The van der Waals surface area contributed by atoms with Gasteiger partial charge in [0.25, 0.3) is 10.0 Å². The zero-order chi connectivity index (χ0) is 19.9. The number of benzene rings is 1. The molecule has 0 spiro atoms. The van der Waals surface area contributed by atoms with Crippen molar-refractivity contribution in [2.75, 3.05) is 13.1 Å². The van der Waals surface area contributed by atoms with E-state index in [2.05, 4.69) is 5.10 Å². The fraction of sp³-hybridized carbons (Fsp3) is 0.368. The Kier molecular flexibility index (Phi) is 4.98. The molecule has 0 saturated carbocycles. The number of piperidine rings is 1. The molecule has 3 aromatic rings. The van der Waals surface area contributed by atoms with Gasteiger partial charge in [0.2, 0.25) is 0 Å². The normalized spacial score (nSPS) is 16.5. The van der Waals surface area contributed by atoms with Gasteiger partial charge in [0, 0.05) is 30.9 Å². The Morgan fingerprint density at radius 1 is 1.07 bits per heavy atom. The van der Waals surface area contributed by atoms with Gasteiger partial charge < -0.3 is 0 Å². The Morgan fingerprint density at radius 2 is 1.75 bits per heavy atom. The molecule has 1 fully saturated rings. The van der Waals surface area contributed by atoms with Crippen LogP contribution in [-0.4, -0.2) is 40.2 Å². The van der Waals surface area contributed by atoms with Crippen molar-refractivity contribution in [1.82, 2.24) is 18.7 Å². The summed E-state index contributed by atoms with van der Waals surface area (Å²) in [6.45, 7) is 2.74. The summed E-state index contributed by atoms with van der Waals surface area (Å²) in [5.74, 6) is 0.730. The minimum atomic E-state index is -3.45. The number of aromatic nitrogens is 3. The summed E-state index contributed by atoms with van der Waals surface area (Å²) in [5.41, 5.74) is 0.588. The van der Waals surface area contributed by atoms with Gasteiger partial charge in [-0.1, -0.05) is 18.2 Å². The lowest BCUT2D eigenvalue weighted by atomic mass is 9.97. The maximum Gasteiger partial charge on any atom is 0.350 e. The molecule has 1 aromatic carbocycles. The molecule has 0 aliphatic carbocycles. The molecule has 1 aliphatic heterocycles. The fourth-order valence-electron chi connectivity index (χ4n) is 3.60. The second-order valence-corrected chi connectivity index (χ2v) is 10.4. The van der Waals surface area contributed by atoms with E-state index in [1.165, 1.54) is 16.0 Å². The zero-order valence-electron chi connectivity index (χ0n) is 15.8. The molecule has 0 bridgehead atoms. The quantitative estimate of drug-likeness (QED) is 0.652. The van der Waals surface area contributed by atoms with Crippen LogP contribution in [0, 0.1) is 6.92 Å². The van der Waals surface area contributed by atoms with E-state index in [0.717, 1.165) is 10.6 Å². The third kappa shape index (κ3) is 3.34. The summed E-state index contributed by atoms with van der Waals surface area (Å²) >= 11 is 1.30. The number of hydrogen-bond acceptors (Lipinski definition) is 5. The summed E-state index contributed by atoms with van der Waals surface area (Å²) in [6, 6.07) is 12.9. The lowest BCUT2D eigenvalue weighted by molar-refractivity contribution is 0.312. The first-order valence-electron chi connectivity index (χ1n) is 9.16. The van der Waals surface area contributed by atoms with Gasteiger partial charge in [-0.3, -0.25) is 0 Å². The number of nitrogens with zero attached hydrogens (tertiary/aromatic N) is 4. The van der Waals surface area contributed by atoms with Crippen LogP contribution in [0.25, 0.3) is 5.69 Å². The minimum Gasteiger partial charge on any atom is -0.247 e. The van der Waals surface area contributed by atoms with E-state index >= 15 is 0 Å². The molecular weight excluding hydrogens is 396 g/mol. The minimum absolute atomic E-state index is 0.0330. The van der Waals surface area contributed by atoms with E-state index in [4.69, 9.17) is 0 Å². The number of thiophene rings is 1. The molecular formula is C19H22N4O3S2. The molecule has 0 radical (unpaired) electrons. The van der Waals surface area contributed by atoms with Crippen molar-refractivity contribution in [3.8, 4) is 5.69 Å². The molecule has 0 atom stereocenters. The van der Waals surface area contributed by atoms with Gasteiger partial charge in [0.05, 0.1) is 5.69 Å². The lowest BCUT2D eigenvalue weighted by Crippen LogP contribution is -2.38. The van der Waals surface area contributed by atoms with Crippen LogP contribution in [0.1, 0.15) is 29.5 Å². The van der Waals surface area contributed by atoms with Crippen LogP contribution in [0.3, 0.4) is 0 Å². The molecule has 28 heavy (non-hydrogen) atoms. The van der Waals surface area contributed by atoms with Gasteiger partial charge in [-0.05, 0) is 44.0 Å². The average molecular weight is 419 g/mol. The Morgan fingerprint density at radius 3 is 2.36 bits per heavy atom. The molecule has 7 nitrogen and oxygen atoms in total. The number of rotatable bonds is 4. The number of hydrogen-bond donors (Lipinski definition) is 0. The Labute approximate surface area is 167 Å². The second kappa shape index (κ2) is 7.31. The molecule has 3 heterocycles. The van der Waals surface area contributed by atoms with Crippen molar-refractivity contribution >= 4 is 21.4 Å². The number of sulfonamides is 1. The SMILES string of the molecule is Cc1ccc(S(=O)(=O)N2CCC(c3nn(C)c(=O)n3-c3ccccc3)CC2)s1. The van der Waals surface area contributed by atoms with Crippen LogP contribution < -0.4 is 5.69 Å². The second-order valence-electron chi connectivity index (χ2n) is 6.98. The van der Waals surface area contributed by atoms with Crippen LogP contribution in [-0.2, 0) is 17.1 Å². The van der Waals surface area contributed by atoms with E-state index in [1.807, 2.05) is 43.3 Å². The molecule has 0 unspecified atom stereocenters. The van der Waals surface area contributed by atoms with Crippen molar-refractivity contribution in [3.63, 3.8) is 0 Å². The van der Waals surface area contributed by atoms with Crippen LogP contribution in [0.5, 0.6) is 0 Å². The Bertz CT molecular complexity index is 1140. The van der Waals surface area contributed by atoms with Crippen LogP contribution in [0.15, 0.2) is 51.5 Å². The first-order chi connectivity index (χ1) is 13.4.